The number of aromatic nitrogens is 3. The number of thiophene rings is 1. The number of nitro benzene ring substituents is 1. The predicted octanol–water partition coefficient (Wildman–Crippen LogP) is 5.44. The Morgan fingerprint density at radius 3 is 3.00 bits per heavy atom. The monoisotopic (exact) mass is 491 g/mol. The van der Waals surface area contributed by atoms with Gasteiger partial charge in [0.1, 0.15) is 5.02 Å². The van der Waals surface area contributed by atoms with Gasteiger partial charge in [0.2, 0.25) is 5.91 Å². The summed E-state index contributed by atoms with van der Waals surface area (Å²) in [5.41, 5.74) is 2.61. The second-order valence-corrected chi connectivity index (χ2v) is 10.0. The third-order valence-corrected chi connectivity index (χ3v) is 7.77. The first-order valence-electron chi connectivity index (χ1n) is 10.3. The highest BCUT2D eigenvalue weighted by Crippen LogP contribution is 2.38. The Morgan fingerprint density at radius 2 is 2.25 bits per heavy atom. The van der Waals surface area contributed by atoms with Gasteiger partial charge in [0, 0.05) is 34.1 Å². The largest absolute Gasteiger partial charge is 0.325 e. The zero-order valence-electron chi connectivity index (χ0n) is 17.6. The highest BCUT2D eigenvalue weighted by Gasteiger charge is 2.24. The molecule has 1 N–H and O–H groups in total. The Labute approximate surface area is 198 Å². The number of nitro groups is 1. The molecule has 1 aromatic carbocycles. The van der Waals surface area contributed by atoms with E-state index in [1.54, 1.807) is 11.3 Å². The van der Waals surface area contributed by atoms with Gasteiger partial charge in [-0.2, -0.15) is 0 Å². The van der Waals surface area contributed by atoms with E-state index >= 15 is 0 Å². The summed E-state index contributed by atoms with van der Waals surface area (Å²) < 4.78 is 2.03. The normalized spacial score (nSPS) is 15.4. The highest BCUT2D eigenvalue weighted by molar-refractivity contribution is 7.99. The first-order valence-corrected chi connectivity index (χ1v) is 12.5. The molecular weight excluding hydrogens is 470 g/mol. The average molecular weight is 492 g/mol. The quantitative estimate of drug-likeness (QED) is 0.268. The van der Waals surface area contributed by atoms with Gasteiger partial charge in [-0.15, -0.1) is 21.5 Å². The molecule has 0 radical (unpaired) electrons. The van der Waals surface area contributed by atoms with Crippen molar-refractivity contribution in [2.24, 2.45) is 5.92 Å². The third-order valence-electron chi connectivity index (χ3n) is 5.43. The maximum Gasteiger partial charge on any atom is 0.289 e. The number of amides is 1. The number of carbonyl (C=O) groups excluding carboxylic acids is 1. The number of hydrogen-bond acceptors (Lipinski definition) is 7. The van der Waals surface area contributed by atoms with E-state index < -0.39 is 4.92 Å². The van der Waals surface area contributed by atoms with Crippen molar-refractivity contribution >= 4 is 52.0 Å². The number of nitrogens with zero attached hydrogens (tertiary/aromatic N) is 4. The molecule has 2 heterocycles. The number of hydrogen-bond donors (Lipinski definition) is 1. The average Bonchev–Trinajstić information content (AvgIpc) is 3.36. The van der Waals surface area contributed by atoms with Crippen LogP contribution in [-0.4, -0.2) is 31.3 Å². The smallest absolute Gasteiger partial charge is 0.289 e. The number of carbonyl (C=O) groups is 1. The Balaban J connectivity index is 1.46. The second kappa shape index (κ2) is 9.60. The molecule has 0 bridgehead atoms. The minimum Gasteiger partial charge on any atom is -0.325 e. The summed E-state index contributed by atoms with van der Waals surface area (Å²) in [7, 11) is 0. The van der Waals surface area contributed by atoms with E-state index in [1.807, 2.05) is 11.5 Å². The number of rotatable bonds is 7. The van der Waals surface area contributed by atoms with Crippen molar-refractivity contribution in [2.45, 2.75) is 44.8 Å². The van der Waals surface area contributed by atoms with E-state index in [1.165, 1.54) is 46.8 Å². The molecule has 11 heteroatoms. The van der Waals surface area contributed by atoms with Gasteiger partial charge in [0.15, 0.2) is 11.0 Å². The summed E-state index contributed by atoms with van der Waals surface area (Å²) in [6, 6.07) is 4.17. The summed E-state index contributed by atoms with van der Waals surface area (Å²) >= 11 is 8.91. The van der Waals surface area contributed by atoms with Crippen LogP contribution in [-0.2, 0) is 24.2 Å². The van der Waals surface area contributed by atoms with Crippen LogP contribution in [0.4, 0.5) is 11.4 Å². The molecule has 0 saturated heterocycles. The zero-order valence-corrected chi connectivity index (χ0v) is 20.0. The van der Waals surface area contributed by atoms with Crippen LogP contribution in [0.15, 0.2) is 28.7 Å². The second-order valence-electron chi connectivity index (χ2n) is 7.71. The van der Waals surface area contributed by atoms with E-state index in [2.05, 4.69) is 27.8 Å². The number of halogens is 1. The molecule has 4 rings (SSSR count). The highest BCUT2D eigenvalue weighted by atomic mass is 35.5. The zero-order chi connectivity index (χ0) is 22.8. The van der Waals surface area contributed by atoms with Crippen molar-refractivity contribution in [3.05, 3.63) is 49.2 Å². The third kappa shape index (κ3) is 4.67. The molecule has 0 aliphatic heterocycles. The summed E-state index contributed by atoms with van der Waals surface area (Å²) in [4.78, 5) is 24.3. The molecule has 1 atom stereocenters. The molecule has 1 aliphatic rings. The molecule has 1 aliphatic carbocycles. The number of benzene rings is 1. The molecular formula is C21H22ClN5O3S2. The fourth-order valence-corrected chi connectivity index (χ4v) is 6.03. The minimum atomic E-state index is -0.582. The van der Waals surface area contributed by atoms with Crippen molar-refractivity contribution in [1.29, 1.82) is 0 Å². The fourth-order valence-electron chi connectivity index (χ4n) is 3.80. The van der Waals surface area contributed by atoms with E-state index in [0.717, 1.165) is 24.2 Å². The maximum absolute atomic E-state index is 12.4. The van der Waals surface area contributed by atoms with Crippen LogP contribution in [0.25, 0.3) is 11.4 Å². The molecule has 3 aromatic rings. The lowest BCUT2D eigenvalue weighted by Gasteiger charge is -2.19. The van der Waals surface area contributed by atoms with Gasteiger partial charge >= 0.3 is 0 Å². The van der Waals surface area contributed by atoms with Crippen molar-refractivity contribution in [1.82, 2.24) is 14.8 Å². The van der Waals surface area contributed by atoms with Gasteiger partial charge in [-0.3, -0.25) is 14.9 Å². The molecule has 168 valence electrons. The maximum atomic E-state index is 12.4. The molecule has 1 amide bonds. The van der Waals surface area contributed by atoms with Gasteiger partial charge in [-0.1, -0.05) is 30.3 Å². The van der Waals surface area contributed by atoms with Crippen LogP contribution in [0.5, 0.6) is 0 Å². The van der Waals surface area contributed by atoms with Gasteiger partial charge in [-0.05, 0) is 49.8 Å². The lowest BCUT2D eigenvalue weighted by Crippen LogP contribution is -2.15. The van der Waals surface area contributed by atoms with E-state index in [4.69, 9.17) is 11.6 Å². The minimum absolute atomic E-state index is 0.0241. The first-order chi connectivity index (χ1) is 15.4. The van der Waals surface area contributed by atoms with Crippen LogP contribution < -0.4 is 5.32 Å². The van der Waals surface area contributed by atoms with Crippen LogP contribution in [0.1, 0.15) is 30.7 Å². The topological polar surface area (TPSA) is 103 Å². The van der Waals surface area contributed by atoms with Gasteiger partial charge < -0.3 is 9.88 Å². The van der Waals surface area contributed by atoms with Crippen molar-refractivity contribution in [2.75, 3.05) is 11.1 Å². The van der Waals surface area contributed by atoms with E-state index in [0.29, 0.717) is 23.3 Å². The predicted molar refractivity (Wildman–Crippen MR) is 128 cm³/mol. The van der Waals surface area contributed by atoms with Crippen molar-refractivity contribution < 1.29 is 9.72 Å². The van der Waals surface area contributed by atoms with Gasteiger partial charge in [-0.25, -0.2) is 0 Å². The Hall–Kier alpha value is -2.43. The number of anilines is 1. The first kappa shape index (κ1) is 22.8. The number of thioether (sulfide) groups is 1. The lowest BCUT2D eigenvalue weighted by molar-refractivity contribution is -0.384. The Kier molecular flexibility index (Phi) is 6.82. The van der Waals surface area contributed by atoms with Crippen LogP contribution in [0.2, 0.25) is 5.02 Å². The summed E-state index contributed by atoms with van der Waals surface area (Å²) in [6.45, 7) is 5.01. The molecule has 1 unspecified atom stereocenters. The van der Waals surface area contributed by atoms with E-state index in [-0.39, 0.29) is 22.4 Å². The van der Waals surface area contributed by atoms with Crippen molar-refractivity contribution in [3.8, 4) is 11.4 Å². The Morgan fingerprint density at radius 1 is 1.44 bits per heavy atom. The van der Waals surface area contributed by atoms with Gasteiger partial charge in [0.25, 0.3) is 5.69 Å². The molecule has 32 heavy (non-hydrogen) atoms. The summed E-state index contributed by atoms with van der Waals surface area (Å²) in [5, 5.41) is 25.3. The number of nitrogens with one attached hydrogen (secondary N) is 1. The number of fused-ring (bicyclic) bond motifs is 1. The molecule has 8 nitrogen and oxygen atoms in total. The molecule has 0 saturated carbocycles. The van der Waals surface area contributed by atoms with Crippen LogP contribution >= 0.6 is 34.7 Å². The van der Waals surface area contributed by atoms with Crippen molar-refractivity contribution in [3.63, 3.8) is 0 Å². The molecule has 2 aromatic heterocycles. The summed E-state index contributed by atoms with van der Waals surface area (Å²) in [6.07, 6.45) is 3.36. The fraction of sp³-hybridized carbons (Fsp3) is 0.381. The Bertz CT molecular complexity index is 1180. The standard InChI is InChI=1S/C21H22ClN5O3S2/c1-3-26-20(15-10-31-18-8-12(2)4-6-14(15)18)24-25-21(26)32-11-19(28)23-13-5-7-16(22)17(9-13)27(29)30/h5,7,9-10,12H,3-4,6,8,11H2,1-2H3,(H,23,28). The SMILES string of the molecule is CCn1c(SCC(=O)Nc2ccc(Cl)c([N+](=O)[O-])c2)nnc1-c1csc2c1CCC(C)C2. The van der Waals surface area contributed by atoms with Crippen LogP contribution in [0.3, 0.4) is 0 Å². The van der Waals surface area contributed by atoms with E-state index in [9.17, 15) is 14.9 Å². The van der Waals surface area contributed by atoms with Crippen LogP contribution in [0, 0.1) is 16.0 Å². The molecule has 0 spiro atoms. The van der Waals surface area contributed by atoms with Gasteiger partial charge in [0.05, 0.1) is 10.7 Å². The lowest BCUT2D eigenvalue weighted by atomic mass is 9.88. The molecule has 0 fully saturated rings. The summed E-state index contributed by atoms with van der Waals surface area (Å²) in [5.74, 6) is 1.37.